The second-order valence-electron chi connectivity index (χ2n) is 16.0. The molecule has 6 heteroatoms. The fourth-order valence-electron chi connectivity index (χ4n) is 11.1. The minimum atomic E-state index is -1.15. The molecule has 222 valence electrons. The van der Waals surface area contributed by atoms with E-state index in [1.54, 1.807) is 5.57 Å². The maximum atomic E-state index is 12.4. The summed E-state index contributed by atoms with van der Waals surface area (Å²) in [5, 5.41) is 19.0. The number of carboxylic acids is 2. The van der Waals surface area contributed by atoms with Gasteiger partial charge in [-0.1, -0.05) is 53.2 Å². The Morgan fingerprint density at radius 3 is 2.17 bits per heavy atom. The predicted molar refractivity (Wildman–Crippen MR) is 153 cm³/mol. The van der Waals surface area contributed by atoms with Gasteiger partial charge < -0.3 is 14.9 Å². The number of carboxylic acid groups (broad SMARTS) is 2. The zero-order valence-corrected chi connectivity index (χ0v) is 25.6. The lowest BCUT2D eigenvalue weighted by atomic mass is 9.33. The number of hydrogen-bond acceptors (Lipinski definition) is 4. The van der Waals surface area contributed by atoms with Gasteiger partial charge in [0, 0.05) is 17.6 Å². The fraction of sp³-hybridized carbons (Fsp3) is 0.794. The van der Waals surface area contributed by atoms with Crippen LogP contribution in [0.15, 0.2) is 23.8 Å². The van der Waals surface area contributed by atoms with Crippen molar-refractivity contribution in [2.75, 3.05) is 0 Å². The average Bonchev–Trinajstić information content (AvgIpc) is 2.86. The van der Waals surface area contributed by atoms with Crippen molar-refractivity contribution in [2.45, 2.75) is 119 Å². The molecule has 0 aliphatic heterocycles. The molecule has 4 fully saturated rings. The molecular weight excluding hydrogens is 504 g/mol. The molecule has 40 heavy (non-hydrogen) atoms. The van der Waals surface area contributed by atoms with Crippen molar-refractivity contribution in [2.24, 2.45) is 50.2 Å². The molecule has 0 aromatic carbocycles. The molecule has 0 amide bonds. The van der Waals surface area contributed by atoms with Gasteiger partial charge in [-0.3, -0.25) is 4.79 Å². The third-order valence-corrected chi connectivity index (χ3v) is 13.9. The van der Waals surface area contributed by atoms with Gasteiger partial charge in [-0.2, -0.15) is 0 Å². The monoisotopic (exact) mass is 554 g/mol. The molecule has 0 saturated heterocycles. The highest BCUT2D eigenvalue weighted by Gasteiger charge is 2.68. The van der Waals surface area contributed by atoms with Crippen LogP contribution >= 0.6 is 0 Å². The van der Waals surface area contributed by atoms with Crippen LogP contribution in [0.3, 0.4) is 0 Å². The molecule has 0 spiro atoms. The van der Waals surface area contributed by atoms with Crippen molar-refractivity contribution in [1.82, 2.24) is 0 Å². The average molecular weight is 555 g/mol. The highest BCUT2D eigenvalue weighted by atomic mass is 16.5. The van der Waals surface area contributed by atoms with Crippen molar-refractivity contribution in [3.05, 3.63) is 23.8 Å². The van der Waals surface area contributed by atoms with Crippen molar-refractivity contribution >= 4 is 17.9 Å². The van der Waals surface area contributed by atoms with E-state index in [-0.39, 0.29) is 33.2 Å². The summed E-state index contributed by atoms with van der Waals surface area (Å²) in [6.07, 6.45) is 14.0. The molecule has 5 rings (SSSR count). The van der Waals surface area contributed by atoms with Gasteiger partial charge in [-0.15, -0.1) is 0 Å². The second kappa shape index (κ2) is 9.19. The highest BCUT2D eigenvalue weighted by Crippen LogP contribution is 2.75. The standard InChI is InChI=1S/C34H50O6/c1-29(2)23-12-15-34(7)24(32(23,5)14-13-25(29)40-27(37)11-10-26(35)36)9-8-21-22-20-31(4,28(38)39)17-16-30(22,3)18-19-33(21,34)6/h8,10-11,22-25H,9,12-20H2,1-7H3,(H,35,36)(H,38,39)/b11-10-/t22-,23?,24?,25+,30-,31-,32+,33-,34-/m1/s1. The number of aliphatic carboxylic acids is 2. The normalized spacial score (nSPS) is 47.6. The first-order chi connectivity index (χ1) is 18.4. The third-order valence-electron chi connectivity index (χ3n) is 13.9. The van der Waals surface area contributed by atoms with Crippen LogP contribution in [-0.4, -0.2) is 34.2 Å². The first-order valence-electron chi connectivity index (χ1n) is 15.5. The van der Waals surface area contributed by atoms with Gasteiger partial charge in [0.05, 0.1) is 5.41 Å². The maximum Gasteiger partial charge on any atom is 0.331 e. The van der Waals surface area contributed by atoms with E-state index in [1.807, 2.05) is 6.92 Å². The van der Waals surface area contributed by atoms with E-state index < -0.39 is 23.3 Å². The summed E-state index contributed by atoms with van der Waals surface area (Å²) in [5.74, 6) is -1.14. The molecule has 0 radical (unpaired) electrons. The molecule has 6 nitrogen and oxygen atoms in total. The number of carbonyl (C=O) groups excluding carboxylic acids is 1. The quantitative estimate of drug-likeness (QED) is 0.213. The lowest BCUT2D eigenvalue weighted by Gasteiger charge is -2.71. The smallest absolute Gasteiger partial charge is 0.331 e. The van der Waals surface area contributed by atoms with Gasteiger partial charge in [0.15, 0.2) is 0 Å². The number of rotatable bonds is 4. The Labute approximate surface area is 240 Å². The Bertz CT molecular complexity index is 1170. The van der Waals surface area contributed by atoms with E-state index >= 15 is 0 Å². The van der Waals surface area contributed by atoms with Gasteiger partial charge >= 0.3 is 17.9 Å². The molecule has 4 saturated carbocycles. The van der Waals surface area contributed by atoms with Gasteiger partial charge in [0.2, 0.25) is 0 Å². The van der Waals surface area contributed by atoms with E-state index in [4.69, 9.17) is 9.84 Å². The lowest BCUT2D eigenvalue weighted by molar-refractivity contribution is -0.211. The molecule has 5 aliphatic carbocycles. The van der Waals surface area contributed by atoms with Crippen LogP contribution in [-0.2, 0) is 19.1 Å². The SMILES string of the molecule is CC1(C)C2CC[C@]3(C)C(CC=C4[C@H]5C[C@](C)(C(=O)O)CC[C@]5(C)CC[C@]43C)[C@@]2(C)CC[C@@H]1OC(=O)/C=C\C(=O)O. The number of fused-ring (bicyclic) bond motifs is 7. The molecular formula is C34H50O6. The van der Waals surface area contributed by atoms with Crippen LogP contribution in [0.2, 0.25) is 0 Å². The van der Waals surface area contributed by atoms with E-state index in [1.165, 1.54) is 6.42 Å². The first-order valence-corrected chi connectivity index (χ1v) is 15.5. The molecule has 0 aromatic rings. The summed E-state index contributed by atoms with van der Waals surface area (Å²) in [6.45, 7) is 16.4. The summed E-state index contributed by atoms with van der Waals surface area (Å²) in [6, 6.07) is 0. The van der Waals surface area contributed by atoms with Crippen molar-refractivity contribution < 1.29 is 29.3 Å². The Morgan fingerprint density at radius 1 is 0.850 bits per heavy atom. The molecule has 5 aliphatic rings. The van der Waals surface area contributed by atoms with Crippen molar-refractivity contribution in [3.8, 4) is 0 Å². The van der Waals surface area contributed by atoms with E-state index in [2.05, 4.69) is 47.6 Å². The Hall–Kier alpha value is -2.11. The molecule has 2 unspecified atom stereocenters. The van der Waals surface area contributed by atoms with Crippen LogP contribution in [0.25, 0.3) is 0 Å². The van der Waals surface area contributed by atoms with Gasteiger partial charge in [-0.25, -0.2) is 9.59 Å². The largest absolute Gasteiger partial charge is 0.481 e. The Balaban J connectivity index is 1.46. The van der Waals surface area contributed by atoms with Crippen LogP contribution in [0.1, 0.15) is 113 Å². The molecule has 9 atom stereocenters. The van der Waals surface area contributed by atoms with Crippen molar-refractivity contribution in [1.29, 1.82) is 0 Å². The summed E-state index contributed by atoms with van der Waals surface area (Å²) in [7, 11) is 0. The van der Waals surface area contributed by atoms with Gasteiger partial charge in [0.25, 0.3) is 0 Å². The van der Waals surface area contributed by atoms with Gasteiger partial charge in [0.1, 0.15) is 6.10 Å². The fourth-order valence-corrected chi connectivity index (χ4v) is 11.1. The lowest BCUT2D eigenvalue weighted by Crippen LogP contribution is -2.64. The summed E-state index contributed by atoms with van der Waals surface area (Å²) in [4.78, 5) is 35.6. The van der Waals surface area contributed by atoms with E-state index in [0.717, 1.165) is 69.9 Å². The molecule has 0 heterocycles. The van der Waals surface area contributed by atoms with Crippen LogP contribution in [0.5, 0.6) is 0 Å². The van der Waals surface area contributed by atoms with Crippen LogP contribution in [0.4, 0.5) is 0 Å². The number of hydrogen-bond donors (Lipinski definition) is 2. The zero-order chi connectivity index (χ0) is 29.5. The summed E-state index contributed by atoms with van der Waals surface area (Å²) >= 11 is 0. The van der Waals surface area contributed by atoms with E-state index in [0.29, 0.717) is 17.8 Å². The highest BCUT2D eigenvalue weighted by molar-refractivity contribution is 5.90. The topological polar surface area (TPSA) is 101 Å². The van der Waals surface area contributed by atoms with Gasteiger partial charge in [-0.05, 0) is 111 Å². The maximum absolute atomic E-state index is 12.4. The second-order valence-corrected chi connectivity index (χ2v) is 16.0. The first kappa shape index (κ1) is 29.4. The van der Waals surface area contributed by atoms with E-state index in [9.17, 15) is 19.5 Å². The Kier molecular flexibility index (Phi) is 6.75. The Morgan fingerprint density at radius 2 is 1.52 bits per heavy atom. The number of ether oxygens (including phenoxy) is 1. The molecule has 2 N–H and O–H groups in total. The predicted octanol–water partition coefficient (Wildman–Crippen LogP) is 7.43. The summed E-state index contributed by atoms with van der Waals surface area (Å²) in [5.41, 5.74) is 1.16. The zero-order valence-electron chi connectivity index (χ0n) is 25.6. The number of carbonyl (C=O) groups is 3. The molecule has 0 aromatic heterocycles. The minimum absolute atomic E-state index is 0.0555. The molecule has 0 bridgehead atoms. The van der Waals surface area contributed by atoms with Crippen molar-refractivity contribution in [3.63, 3.8) is 0 Å². The number of esters is 1. The third kappa shape index (κ3) is 4.05. The van der Waals surface area contributed by atoms with Crippen LogP contribution in [0, 0.1) is 50.2 Å². The minimum Gasteiger partial charge on any atom is -0.481 e. The summed E-state index contributed by atoms with van der Waals surface area (Å²) < 4.78 is 5.88. The number of allylic oxidation sites excluding steroid dienone is 2. The van der Waals surface area contributed by atoms with Crippen LogP contribution < -0.4 is 0 Å².